The van der Waals surface area contributed by atoms with Gasteiger partial charge < -0.3 is 15.1 Å². The first kappa shape index (κ1) is 17.8. The molecule has 0 atom stereocenters. The van der Waals surface area contributed by atoms with E-state index in [-0.39, 0.29) is 11.8 Å². The molecular formula is C18H18Cl2FN3O. The summed E-state index contributed by atoms with van der Waals surface area (Å²) >= 11 is 12.3. The number of benzene rings is 2. The third-order valence-electron chi connectivity index (χ3n) is 4.20. The van der Waals surface area contributed by atoms with Crippen LogP contribution in [-0.2, 0) is 6.54 Å². The molecule has 2 amide bonds. The lowest BCUT2D eigenvalue weighted by atomic mass is 10.2. The topological polar surface area (TPSA) is 35.6 Å². The van der Waals surface area contributed by atoms with Gasteiger partial charge in [0.2, 0.25) is 0 Å². The van der Waals surface area contributed by atoms with E-state index in [1.807, 2.05) is 12.1 Å². The highest BCUT2D eigenvalue weighted by Gasteiger charge is 2.22. The van der Waals surface area contributed by atoms with Crippen molar-refractivity contribution >= 4 is 34.9 Å². The second-order valence-corrected chi connectivity index (χ2v) is 6.62. The number of hydrogen-bond acceptors (Lipinski definition) is 2. The molecular weight excluding hydrogens is 364 g/mol. The summed E-state index contributed by atoms with van der Waals surface area (Å²) in [7, 11) is 0. The maximum Gasteiger partial charge on any atom is 0.317 e. The van der Waals surface area contributed by atoms with Gasteiger partial charge in [0.25, 0.3) is 0 Å². The highest BCUT2D eigenvalue weighted by atomic mass is 35.5. The van der Waals surface area contributed by atoms with Crippen LogP contribution < -0.4 is 10.2 Å². The summed E-state index contributed by atoms with van der Waals surface area (Å²) in [5.41, 5.74) is 1.75. The van der Waals surface area contributed by atoms with Crippen molar-refractivity contribution in [1.82, 2.24) is 10.2 Å². The van der Waals surface area contributed by atoms with Crippen LogP contribution in [-0.4, -0.2) is 37.1 Å². The predicted molar refractivity (Wildman–Crippen MR) is 98.9 cm³/mol. The molecule has 2 aromatic rings. The first-order valence-corrected chi connectivity index (χ1v) is 8.76. The third-order valence-corrected chi connectivity index (χ3v) is 5.00. The van der Waals surface area contributed by atoms with E-state index in [0.717, 1.165) is 11.3 Å². The van der Waals surface area contributed by atoms with Gasteiger partial charge in [0.05, 0.1) is 15.7 Å². The maximum atomic E-state index is 12.9. The Balaban J connectivity index is 1.52. The summed E-state index contributed by atoms with van der Waals surface area (Å²) in [6, 6.07) is 11.5. The largest absolute Gasteiger partial charge is 0.367 e. The molecule has 0 saturated carbocycles. The minimum atomic E-state index is -0.286. The lowest BCUT2D eigenvalue weighted by Crippen LogP contribution is -2.51. The van der Waals surface area contributed by atoms with Gasteiger partial charge in [-0.2, -0.15) is 0 Å². The number of nitrogens with one attached hydrogen (secondary N) is 1. The number of carbonyl (C=O) groups excluding carboxylic acids is 1. The number of carbonyl (C=O) groups is 1. The fraction of sp³-hybridized carbons (Fsp3) is 0.278. The average Bonchev–Trinajstić information content (AvgIpc) is 2.63. The third kappa shape index (κ3) is 4.35. The molecule has 1 N–H and O–H groups in total. The monoisotopic (exact) mass is 381 g/mol. The van der Waals surface area contributed by atoms with Crippen molar-refractivity contribution in [1.29, 1.82) is 0 Å². The minimum Gasteiger partial charge on any atom is -0.367 e. The van der Waals surface area contributed by atoms with Gasteiger partial charge in [0, 0.05) is 32.7 Å². The van der Waals surface area contributed by atoms with Crippen LogP contribution >= 0.6 is 23.2 Å². The zero-order valence-electron chi connectivity index (χ0n) is 13.5. The molecule has 0 aromatic heterocycles. The number of anilines is 1. The molecule has 132 valence electrons. The van der Waals surface area contributed by atoms with Crippen molar-refractivity contribution in [2.45, 2.75) is 6.54 Å². The Kier molecular flexibility index (Phi) is 5.66. The van der Waals surface area contributed by atoms with Crippen LogP contribution in [0.15, 0.2) is 42.5 Å². The summed E-state index contributed by atoms with van der Waals surface area (Å²) in [4.78, 5) is 16.2. The molecule has 4 nitrogen and oxygen atoms in total. The van der Waals surface area contributed by atoms with Crippen LogP contribution in [0, 0.1) is 5.82 Å². The maximum absolute atomic E-state index is 12.9. The van der Waals surface area contributed by atoms with E-state index < -0.39 is 0 Å². The molecule has 3 rings (SSSR count). The Morgan fingerprint density at radius 3 is 2.40 bits per heavy atom. The average molecular weight is 382 g/mol. The normalized spacial score (nSPS) is 14.5. The number of halogens is 3. The van der Waals surface area contributed by atoms with Crippen molar-refractivity contribution in [3.63, 3.8) is 0 Å². The van der Waals surface area contributed by atoms with E-state index in [4.69, 9.17) is 23.2 Å². The van der Waals surface area contributed by atoms with Gasteiger partial charge in [0.15, 0.2) is 0 Å². The number of amides is 2. The lowest BCUT2D eigenvalue weighted by molar-refractivity contribution is 0.194. The Morgan fingerprint density at radius 1 is 1.04 bits per heavy atom. The fourth-order valence-corrected chi connectivity index (χ4v) is 3.19. The molecule has 0 radical (unpaired) electrons. The van der Waals surface area contributed by atoms with Gasteiger partial charge in [-0.1, -0.05) is 41.4 Å². The minimum absolute atomic E-state index is 0.124. The first-order chi connectivity index (χ1) is 12.0. The molecule has 1 heterocycles. The Bertz CT molecular complexity index is 746. The first-order valence-electron chi connectivity index (χ1n) is 8.01. The quantitative estimate of drug-likeness (QED) is 0.865. The van der Waals surface area contributed by atoms with E-state index in [2.05, 4.69) is 10.2 Å². The summed E-state index contributed by atoms with van der Waals surface area (Å²) in [6.07, 6.45) is 0. The van der Waals surface area contributed by atoms with E-state index in [1.165, 1.54) is 12.1 Å². The van der Waals surface area contributed by atoms with Crippen LogP contribution in [0.25, 0.3) is 0 Å². The number of piperazine rings is 1. The van der Waals surface area contributed by atoms with Gasteiger partial charge in [-0.05, 0) is 29.8 Å². The standard InChI is InChI=1S/C18H18Cl2FN3O/c19-15-2-1-3-16(17(15)20)23-8-10-24(11-9-23)18(25)22-12-13-4-6-14(21)7-5-13/h1-7H,8-12H2,(H,22,25). The molecule has 0 aliphatic carbocycles. The van der Waals surface area contributed by atoms with Gasteiger partial charge in [-0.15, -0.1) is 0 Å². The van der Waals surface area contributed by atoms with Crippen LogP contribution in [0.2, 0.25) is 10.0 Å². The fourth-order valence-electron chi connectivity index (χ4n) is 2.78. The molecule has 0 bridgehead atoms. The van der Waals surface area contributed by atoms with E-state index in [9.17, 15) is 9.18 Å². The van der Waals surface area contributed by atoms with E-state index >= 15 is 0 Å². The van der Waals surface area contributed by atoms with Crippen molar-refractivity contribution in [3.05, 3.63) is 63.9 Å². The Hall–Kier alpha value is -1.98. The highest BCUT2D eigenvalue weighted by molar-refractivity contribution is 6.43. The second kappa shape index (κ2) is 7.93. The molecule has 1 aliphatic heterocycles. The number of urea groups is 1. The van der Waals surface area contributed by atoms with Gasteiger partial charge >= 0.3 is 6.03 Å². The lowest BCUT2D eigenvalue weighted by Gasteiger charge is -2.36. The molecule has 25 heavy (non-hydrogen) atoms. The SMILES string of the molecule is O=C(NCc1ccc(F)cc1)N1CCN(c2cccc(Cl)c2Cl)CC1. The van der Waals surface area contributed by atoms with Crippen LogP contribution in [0.4, 0.5) is 14.9 Å². The number of hydrogen-bond donors (Lipinski definition) is 1. The van der Waals surface area contributed by atoms with Crippen molar-refractivity contribution in [2.24, 2.45) is 0 Å². The Morgan fingerprint density at radius 2 is 1.72 bits per heavy atom. The second-order valence-electron chi connectivity index (χ2n) is 5.83. The predicted octanol–water partition coefficient (Wildman–Crippen LogP) is 4.16. The molecule has 1 fully saturated rings. The van der Waals surface area contributed by atoms with Crippen molar-refractivity contribution < 1.29 is 9.18 Å². The smallest absolute Gasteiger partial charge is 0.317 e. The van der Waals surface area contributed by atoms with Gasteiger partial charge in [-0.25, -0.2) is 9.18 Å². The zero-order chi connectivity index (χ0) is 17.8. The van der Waals surface area contributed by atoms with Crippen molar-refractivity contribution in [3.8, 4) is 0 Å². The van der Waals surface area contributed by atoms with Gasteiger partial charge in [0.1, 0.15) is 5.82 Å². The zero-order valence-corrected chi connectivity index (χ0v) is 15.0. The number of nitrogens with zero attached hydrogens (tertiary/aromatic N) is 2. The summed E-state index contributed by atoms with van der Waals surface area (Å²) in [5.74, 6) is -0.286. The van der Waals surface area contributed by atoms with Crippen LogP contribution in [0.1, 0.15) is 5.56 Å². The molecule has 7 heteroatoms. The number of rotatable bonds is 3. The van der Waals surface area contributed by atoms with Crippen LogP contribution in [0.3, 0.4) is 0 Å². The molecule has 0 unspecified atom stereocenters. The van der Waals surface area contributed by atoms with Gasteiger partial charge in [-0.3, -0.25) is 0 Å². The van der Waals surface area contributed by atoms with Crippen molar-refractivity contribution in [2.75, 3.05) is 31.1 Å². The summed E-state index contributed by atoms with van der Waals surface area (Å²) < 4.78 is 12.9. The summed E-state index contributed by atoms with van der Waals surface area (Å²) in [6.45, 7) is 2.93. The van der Waals surface area contributed by atoms with Crippen LogP contribution in [0.5, 0.6) is 0 Å². The molecule has 0 spiro atoms. The molecule has 1 saturated heterocycles. The van der Waals surface area contributed by atoms with E-state index in [0.29, 0.717) is 42.8 Å². The highest BCUT2D eigenvalue weighted by Crippen LogP contribution is 2.32. The summed E-state index contributed by atoms with van der Waals surface area (Å²) in [5, 5.41) is 3.93. The molecule has 1 aliphatic rings. The Labute approximate surface area is 156 Å². The van der Waals surface area contributed by atoms with E-state index in [1.54, 1.807) is 23.1 Å². The molecule has 2 aromatic carbocycles.